The number of nitrogens with one attached hydrogen (secondary N) is 1. The van der Waals surface area contributed by atoms with E-state index in [0.29, 0.717) is 23.5 Å². The SMILES string of the molecule is CC1(Nc2ncc(C#N)cc2N)CCS(=O)(=O)C1. The van der Waals surface area contributed by atoms with Gasteiger partial charge in [0.1, 0.15) is 11.9 Å². The van der Waals surface area contributed by atoms with Crippen LogP contribution < -0.4 is 11.1 Å². The van der Waals surface area contributed by atoms with Crippen LogP contribution in [0.1, 0.15) is 18.9 Å². The Labute approximate surface area is 106 Å². The lowest BCUT2D eigenvalue weighted by molar-refractivity contribution is 0.572. The van der Waals surface area contributed by atoms with Crippen molar-refractivity contribution in [3.8, 4) is 6.07 Å². The molecule has 0 saturated carbocycles. The van der Waals surface area contributed by atoms with Crippen LogP contribution in [0.4, 0.5) is 11.5 Å². The van der Waals surface area contributed by atoms with Crippen LogP contribution in [-0.2, 0) is 9.84 Å². The molecule has 1 aliphatic rings. The molecule has 3 N–H and O–H groups in total. The van der Waals surface area contributed by atoms with Crippen molar-refractivity contribution < 1.29 is 8.42 Å². The van der Waals surface area contributed by atoms with Gasteiger partial charge in [0.25, 0.3) is 0 Å². The summed E-state index contributed by atoms with van der Waals surface area (Å²) in [5.41, 5.74) is 5.95. The van der Waals surface area contributed by atoms with Crippen molar-refractivity contribution in [1.29, 1.82) is 5.26 Å². The molecule has 0 amide bonds. The van der Waals surface area contributed by atoms with Gasteiger partial charge in [-0.2, -0.15) is 5.26 Å². The Morgan fingerprint density at radius 3 is 2.83 bits per heavy atom. The van der Waals surface area contributed by atoms with Crippen molar-refractivity contribution in [1.82, 2.24) is 4.98 Å². The minimum absolute atomic E-state index is 0.0706. The molecule has 1 aromatic heterocycles. The summed E-state index contributed by atoms with van der Waals surface area (Å²) in [5, 5.41) is 11.8. The molecule has 1 aliphatic heterocycles. The molecule has 18 heavy (non-hydrogen) atoms. The Kier molecular flexibility index (Phi) is 2.91. The zero-order valence-corrected chi connectivity index (χ0v) is 10.8. The second-order valence-electron chi connectivity index (χ2n) is 4.80. The van der Waals surface area contributed by atoms with Gasteiger partial charge in [-0.15, -0.1) is 0 Å². The summed E-state index contributed by atoms with van der Waals surface area (Å²) < 4.78 is 23.0. The molecule has 96 valence electrons. The Morgan fingerprint density at radius 1 is 1.61 bits per heavy atom. The highest BCUT2D eigenvalue weighted by molar-refractivity contribution is 7.91. The Bertz CT molecular complexity index is 620. The fraction of sp³-hybridized carbons (Fsp3) is 0.455. The molecule has 1 fully saturated rings. The maximum absolute atomic E-state index is 11.5. The number of nitrogens with zero attached hydrogens (tertiary/aromatic N) is 2. The molecule has 0 bridgehead atoms. The van der Waals surface area contributed by atoms with E-state index >= 15 is 0 Å². The lowest BCUT2D eigenvalue weighted by Crippen LogP contribution is -2.36. The average Bonchev–Trinajstić information content (AvgIpc) is 2.56. The van der Waals surface area contributed by atoms with Crippen LogP contribution in [0, 0.1) is 11.3 Å². The maximum Gasteiger partial charge on any atom is 0.152 e. The molecular formula is C11H14N4O2S. The van der Waals surface area contributed by atoms with E-state index in [0.717, 1.165) is 0 Å². The van der Waals surface area contributed by atoms with Gasteiger partial charge in [0.05, 0.1) is 28.3 Å². The van der Waals surface area contributed by atoms with Crippen LogP contribution in [0.2, 0.25) is 0 Å². The lowest BCUT2D eigenvalue weighted by Gasteiger charge is -2.25. The summed E-state index contributed by atoms with van der Waals surface area (Å²) in [6, 6.07) is 3.46. The third kappa shape index (κ3) is 2.54. The molecular weight excluding hydrogens is 252 g/mol. The lowest BCUT2D eigenvalue weighted by atomic mass is 10.0. The molecule has 2 heterocycles. The van der Waals surface area contributed by atoms with Gasteiger partial charge >= 0.3 is 0 Å². The van der Waals surface area contributed by atoms with Gasteiger partial charge in [0.2, 0.25) is 0 Å². The van der Waals surface area contributed by atoms with Gasteiger partial charge in [-0.25, -0.2) is 13.4 Å². The summed E-state index contributed by atoms with van der Waals surface area (Å²) in [7, 11) is -2.98. The first-order valence-electron chi connectivity index (χ1n) is 5.48. The van der Waals surface area contributed by atoms with E-state index in [-0.39, 0.29) is 11.5 Å². The minimum atomic E-state index is -2.98. The molecule has 0 aliphatic carbocycles. The molecule has 6 nitrogen and oxygen atoms in total. The Hall–Kier alpha value is -1.81. The van der Waals surface area contributed by atoms with Crippen LogP contribution in [0.25, 0.3) is 0 Å². The number of rotatable bonds is 2. The fourth-order valence-electron chi connectivity index (χ4n) is 2.04. The molecule has 2 rings (SSSR count). The highest BCUT2D eigenvalue weighted by Gasteiger charge is 2.38. The van der Waals surface area contributed by atoms with Gasteiger partial charge < -0.3 is 11.1 Å². The van der Waals surface area contributed by atoms with Crippen LogP contribution in [0.15, 0.2) is 12.3 Å². The zero-order chi connectivity index (χ0) is 13.4. The van der Waals surface area contributed by atoms with Crippen molar-refractivity contribution in [2.45, 2.75) is 18.9 Å². The molecule has 0 aromatic carbocycles. The Morgan fingerprint density at radius 2 is 2.33 bits per heavy atom. The molecule has 1 unspecified atom stereocenters. The molecule has 1 aromatic rings. The monoisotopic (exact) mass is 266 g/mol. The minimum Gasteiger partial charge on any atom is -0.396 e. The number of hydrogen-bond donors (Lipinski definition) is 2. The summed E-state index contributed by atoms with van der Waals surface area (Å²) in [6.45, 7) is 1.83. The summed E-state index contributed by atoms with van der Waals surface area (Å²) in [4.78, 5) is 4.05. The Balaban J connectivity index is 2.23. The van der Waals surface area contributed by atoms with Crippen LogP contribution >= 0.6 is 0 Å². The van der Waals surface area contributed by atoms with E-state index in [1.165, 1.54) is 12.3 Å². The van der Waals surface area contributed by atoms with E-state index < -0.39 is 15.4 Å². The number of nitrogens with two attached hydrogens (primary N) is 1. The van der Waals surface area contributed by atoms with Crippen molar-refractivity contribution >= 4 is 21.3 Å². The predicted molar refractivity (Wildman–Crippen MR) is 68.7 cm³/mol. The van der Waals surface area contributed by atoms with Crippen molar-refractivity contribution in [3.63, 3.8) is 0 Å². The second kappa shape index (κ2) is 4.14. The second-order valence-corrected chi connectivity index (χ2v) is 6.99. The summed E-state index contributed by atoms with van der Waals surface area (Å²) in [5.74, 6) is 0.668. The molecule has 0 spiro atoms. The standard InChI is InChI=1S/C11H14N4O2S/c1-11(2-3-18(16,17)7-11)15-10-9(13)4-8(5-12)6-14-10/h4,6H,2-3,7,13H2,1H3,(H,14,15). The molecule has 7 heteroatoms. The van der Waals surface area contributed by atoms with Crippen molar-refractivity contribution in [3.05, 3.63) is 17.8 Å². The van der Waals surface area contributed by atoms with E-state index in [1.807, 2.05) is 13.0 Å². The van der Waals surface area contributed by atoms with Crippen LogP contribution in [-0.4, -0.2) is 30.4 Å². The first-order chi connectivity index (χ1) is 8.34. The third-order valence-corrected chi connectivity index (χ3v) is 4.87. The third-order valence-electron chi connectivity index (χ3n) is 2.97. The largest absolute Gasteiger partial charge is 0.396 e. The number of hydrogen-bond acceptors (Lipinski definition) is 6. The predicted octanol–water partition coefficient (Wildman–Crippen LogP) is 0.525. The summed E-state index contributed by atoms with van der Waals surface area (Å²) >= 11 is 0. The number of nitriles is 1. The molecule has 1 atom stereocenters. The number of sulfone groups is 1. The zero-order valence-electron chi connectivity index (χ0n) is 9.97. The quantitative estimate of drug-likeness (QED) is 0.808. The molecule has 1 saturated heterocycles. The average molecular weight is 266 g/mol. The number of nitrogen functional groups attached to an aromatic ring is 1. The van der Waals surface area contributed by atoms with Gasteiger partial charge in [-0.3, -0.25) is 0 Å². The first-order valence-corrected chi connectivity index (χ1v) is 7.30. The highest BCUT2D eigenvalue weighted by atomic mass is 32.2. The van der Waals surface area contributed by atoms with Gasteiger partial charge in [-0.1, -0.05) is 0 Å². The van der Waals surface area contributed by atoms with Gasteiger partial charge in [-0.05, 0) is 19.4 Å². The van der Waals surface area contributed by atoms with Crippen molar-refractivity contribution in [2.24, 2.45) is 0 Å². The van der Waals surface area contributed by atoms with E-state index in [2.05, 4.69) is 10.3 Å². The molecule has 0 radical (unpaired) electrons. The summed E-state index contributed by atoms with van der Waals surface area (Å²) in [6.07, 6.45) is 1.93. The smallest absolute Gasteiger partial charge is 0.152 e. The normalized spacial score (nSPS) is 25.6. The van der Waals surface area contributed by atoms with Crippen molar-refractivity contribution in [2.75, 3.05) is 22.6 Å². The van der Waals surface area contributed by atoms with Crippen LogP contribution in [0.5, 0.6) is 0 Å². The topological polar surface area (TPSA) is 109 Å². The van der Waals surface area contributed by atoms with E-state index in [1.54, 1.807) is 0 Å². The van der Waals surface area contributed by atoms with E-state index in [9.17, 15) is 8.42 Å². The van der Waals surface area contributed by atoms with Crippen LogP contribution in [0.3, 0.4) is 0 Å². The van der Waals surface area contributed by atoms with Gasteiger partial charge in [0.15, 0.2) is 9.84 Å². The maximum atomic E-state index is 11.5. The van der Waals surface area contributed by atoms with Gasteiger partial charge in [0, 0.05) is 6.20 Å². The number of anilines is 2. The fourth-order valence-corrected chi connectivity index (χ4v) is 4.14. The van der Waals surface area contributed by atoms with E-state index in [4.69, 9.17) is 11.0 Å². The number of aromatic nitrogens is 1. The first kappa shape index (κ1) is 12.6. The number of pyridine rings is 1. The highest BCUT2D eigenvalue weighted by Crippen LogP contribution is 2.29.